The minimum absolute atomic E-state index is 0.415. The van der Waals surface area contributed by atoms with Gasteiger partial charge in [0, 0.05) is 20.5 Å². The molecule has 20 heavy (non-hydrogen) atoms. The van der Waals surface area contributed by atoms with E-state index in [0.29, 0.717) is 6.54 Å². The number of hydrogen-bond acceptors (Lipinski definition) is 2. The van der Waals surface area contributed by atoms with Crippen molar-refractivity contribution in [2.75, 3.05) is 13.6 Å². The van der Waals surface area contributed by atoms with Crippen LogP contribution < -0.4 is 0 Å². The number of carbonyl (C=O) groups excluding carboxylic acids is 2. The molecule has 2 aromatic carbocycles. The fourth-order valence-corrected chi connectivity index (χ4v) is 2.24. The SMILES string of the molecule is CC(=O)C(=O)N(C)CCc1ccc2cc(C)ccc2c1. The normalized spacial score (nSPS) is 10.6. The van der Waals surface area contributed by atoms with Gasteiger partial charge in [-0.25, -0.2) is 0 Å². The summed E-state index contributed by atoms with van der Waals surface area (Å²) in [4.78, 5) is 24.0. The van der Waals surface area contributed by atoms with Crippen LogP contribution in [0.5, 0.6) is 0 Å². The summed E-state index contributed by atoms with van der Waals surface area (Å²) in [7, 11) is 1.66. The predicted molar refractivity (Wildman–Crippen MR) is 80.7 cm³/mol. The average Bonchev–Trinajstić information content (AvgIpc) is 2.43. The molecule has 104 valence electrons. The Hall–Kier alpha value is -2.16. The van der Waals surface area contributed by atoms with Crippen LogP contribution in [0.25, 0.3) is 10.8 Å². The second-order valence-corrected chi connectivity index (χ2v) is 5.22. The van der Waals surface area contributed by atoms with Crippen molar-refractivity contribution in [1.82, 2.24) is 4.90 Å². The summed E-state index contributed by atoms with van der Waals surface area (Å²) in [5.74, 6) is -0.845. The first-order valence-electron chi connectivity index (χ1n) is 6.72. The summed E-state index contributed by atoms with van der Waals surface area (Å²) in [6.45, 7) is 3.93. The molecule has 0 N–H and O–H groups in total. The minimum atomic E-state index is -0.429. The molecule has 0 unspecified atom stereocenters. The second kappa shape index (κ2) is 5.87. The summed E-state index contributed by atoms with van der Waals surface area (Å²) in [5.41, 5.74) is 2.42. The van der Waals surface area contributed by atoms with Crippen molar-refractivity contribution in [3.63, 3.8) is 0 Å². The van der Waals surface area contributed by atoms with E-state index in [4.69, 9.17) is 0 Å². The van der Waals surface area contributed by atoms with Gasteiger partial charge in [-0.3, -0.25) is 9.59 Å². The number of nitrogens with zero attached hydrogens (tertiary/aromatic N) is 1. The van der Waals surface area contributed by atoms with Gasteiger partial charge in [0.2, 0.25) is 5.78 Å². The molecule has 0 aliphatic carbocycles. The molecule has 0 aliphatic heterocycles. The van der Waals surface area contributed by atoms with E-state index in [2.05, 4.69) is 43.3 Å². The topological polar surface area (TPSA) is 37.4 Å². The molecule has 2 aromatic rings. The number of fused-ring (bicyclic) bond motifs is 1. The fraction of sp³-hybridized carbons (Fsp3) is 0.294. The number of amides is 1. The van der Waals surface area contributed by atoms with Crippen molar-refractivity contribution in [3.8, 4) is 0 Å². The highest BCUT2D eigenvalue weighted by molar-refractivity contribution is 6.34. The molecule has 0 aliphatic rings. The summed E-state index contributed by atoms with van der Waals surface area (Å²) in [5, 5.41) is 2.43. The number of aryl methyl sites for hydroxylation is 1. The quantitative estimate of drug-likeness (QED) is 0.800. The van der Waals surface area contributed by atoms with E-state index in [-0.39, 0.29) is 0 Å². The van der Waals surface area contributed by atoms with Crippen molar-refractivity contribution in [1.29, 1.82) is 0 Å². The highest BCUT2D eigenvalue weighted by atomic mass is 16.2. The maximum Gasteiger partial charge on any atom is 0.289 e. The summed E-state index contributed by atoms with van der Waals surface area (Å²) >= 11 is 0. The van der Waals surface area contributed by atoms with Crippen LogP contribution in [-0.2, 0) is 16.0 Å². The van der Waals surface area contributed by atoms with Gasteiger partial charge in [0.05, 0.1) is 0 Å². The van der Waals surface area contributed by atoms with Gasteiger partial charge in [-0.05, 0) is 29.7 Å². The number of ketones is 1. The Kier molecular flexibility index (Phi) is 4.18. The monoisotopic (exact) mass is 269 g/mol. The molecule has 2 rings (SSSR count). The first kappa shape index (κ1) is 14.3. The molecule has 0 bridgehead atoms. The lowest BCUT2D eigenvalue weighted by Crippen LogP contribution is -2.33. The van der Waals surface area contributed by atoms with E-state index in [9.17, 15) is 9.59 Å². The number of Topliss-reactive ketones (excluding diaryl/α,β-unsaturated/α-hetero) is 1. The van der Waals surface area contributed by atoms with Crippen molar-refractivity contribution >= 4 is 22.5 Å². The Bertz CT molecular complexity index is 661. The first-order chi connectivity index (χ1) is 9.47. The van der Waals surface area contributed by atoms with Gasteiger partial charge in [-0.15, -0.1) is 0 Å². The fourth-order valence-electron chi connectivity index (χ4n) is 2.24. The molecule has 3 nitrogen and oxygen atoms in total. The third-order valence-electron chi connectivity index (χ3n) is 3.44. The number of likely N-dealkylation sites (N-methyl/N-ethyl adjacent to an activating group) is 1. The standard InChI is InChI=1S/C17H19NO2/c1-12-4-6-16-11-14(5-7-15(16)10-12)8-9-18(3)17(20)13(2)19/h4-7,10-11H,8-9H2,1-3H3. The maximum atomic E-state index is 11.5. The van der Waals surface area contributed by atoms with E-state index in [1.807, 2.05) is 0 Å². The zero-order valence-corrected chi connectivity index (χ0v) is 12.1. The molecule has 0 aromatic heterocycles. The second-order valence-electron chi connectivity index (χ2n) is 5.22. The van der Waals surface area contributed by atoms with Gasteiger partial charge in [0.15, 0.2) is 0 Å². The zero-order chi connectivity index (χ0) is 14.7. The number of benzene rings is 2. The van der Waals surface area contributed by atoms with E-state index < -0.39 is 11.7 Å². The molecule has 3 heteroatoms. The van der Waals surface area contributed by atoms with Crippen LogP contribution >= 0.6 is 0 Å². The lowest BCUT2D eigenvalue weighted by molar-refractivity contribution is -0.142. The minimum Gasteiger partial charge on any atom is -0.339 e. The Balaban J connectivity index is 2.09. The van der Waals surface area contributed by atoms with Gasteiger partial charge in [0.25, 0.3) is 5.91 Å². The lowest BCUT2D eigenvalue weighted by atomic mass is 10.0. The summed E-state index contributed by atoms with van der Waals surface area (Å²) in [6.07, 6.45) is 0.749. The van der Waals surface area contributed by atoms with Crippen LogP contribution in [0.2, 0.25) is 0 Å². The van der Waals surface area contributed by atoms with Gasteiger partial charge in [-0.2, -0.15) is 0 Å². The zero-order valence-electron chi connectivity index (χ0n) is 12.1. The van der Waals surface area contributed by atoms with E-state index in [0.717, 1.165) is 6.42 Å². The molecule has 0 fully saturated rings. The third-order valence-corrected chi connectivity index (χ3v) is 3.44. The van der Waals surface area contributed by atoms with Crippen LogP contribution in [0.15, 0.2) is 36.4 Å². The Morgan fingerprint density at radius 3 is 2.40 bits per heavy atom. The van der Waals surface area contributed by atoms with Gasteiger partial charge >= 0.3 is 0 Å². The van der Waals surface area contributed by atoms with E-state index in [1.54, 1.807) is 7.05 Å². The van der Waals surface area contributed by atoms with Crippen molar-refractivity contribution < 1.29 is 9.59 Å². The predicted octanol–water partition coefficient (Wildman–Crippen LogP) is 2.74. The van der Waals surface area contributed by atoms with Gasteiger partial charge < -0.3 is 4.90 Å². The molecule has 0 heterocycles. The average molecular weight is 269 g/mol. The molecule has 0 saturated heterocycles. The van der Waals surface area contributed by atoms with E-state index >= 15 is 0 Å². The number of carbonyl (C=O) groups is 2. The largest absolute Gasteiger partial charge is 0.339 e. The Labute approximate surface area is 119 Å². The molecular weight excluding hydrogens is 250 g/mol. The first-order valence-corrected chi connectivity index (χ1v) is 6.72. The Morgan fingerprint density at radius 1 is 1.05 bits per heavy atom. The van der Waals surface area contributed by atoms with Crippen LogP contribution in [-0.4, -0.2) is 30.2 Å². The van der Waals surface area contributed by atoms with Gasteiger partial charge in [-0.1, -0.05) is 42.0 Å². The number of rotatable bonds is 4. The van der Waals surface area contributed by atoms with Crippen LogP contribution in [0.3, 0.4) is 0 Å². The highest BCUT2D eigenvalue weighted by Crippen LogP contribution is 2.18. The van der Waals surface area contributed by atoms with Gasteiger partial charge in [0.1, 0.15) is 0 Å². The summed E-state index contributed by atoms with van der Waals surface area (Å²) < 4.78 is 0. The third kappa shape index (κ3) is 3.23. The molecular formula is C17H19NO2. The van der Waals surface area contributed by atoms with Crippen LogP contribution in [0.4, 0.5) is 0 Å². The molecule has 0 saturated carbocycles. The lowest BCUT2D eigenvalue weighted by Gasteiger charge is -2.15. The van der Waals surface area contributed by atoms with Crippen LogP contribution in [0.1, 0.15) is 18.1 Å². The molecule has 0 atom stereocenters. The van der Waals surface area contributed by atoms with Crippen molar-refractivity contribution in [2.24, 2.45) is 0 Å². The van der Waals surface area contributed by atoms with Crippen molar-refractivity contribution in [3.05, 3.63) is 47.5 Å². The maximum absolute atomic E-state index is 11.5. The van der Waals surface area contributed by atoms with Crippen LogP contribution in [0, 0.1) is 6.92 Å². The molecule has 1 amide bonds. The summed E-state index contributed by atoms with van der Waals surface area (Å²) in [6, 6.07) is 12.7. The number of hydrogen-bond donors (Lipinski definition) is 0. The van der Waals surface area contributed by atoms with Crippen molar-refractivity contribution in [2.45, 2.75) is 20.3 Å². The molecule has 0 spiro atoms. The highest BCUT2D eigenvalue weighted by Gasteiger charge is 2.13. The Morgan fingerprint density at radius 2 is 1.70 bits per heavy atom. The molecule has 0 radical (unpaired) electrons. The van der Waals surface area contributed by atoms with E-state index in [1.165, 1.54) is 33.7 Å². The smallest absolute Gasteiger partial charge is 0.289 e.